The minimum atomic E-state index is -0.577. The Morgan fingerprint density at radius 2 is 1.59 bits per heavy atom. The highest BCUT2D eigenvalue weighted by molar-refractivity contribution is 6.04. The molecular weight excluding hydrogens is 492 g/mol. The van der Waals surface area contributed by atoms with Gasteiger partial charge in [-0.15, -0.1) is 0 Å². The predicted octanol–water partition coefficient (Wildman–Crippen LogP) is 7.38. The van der Waals surface area contributed by atoms with Gasteiger partial charge in [0.25, 0.3) is 6.47 Å². The van der Waals surface area contributed by atoms with E-state index < -0.39 is 11.7 Å². The summed E-state index contributed by atoms with van der Waals surface area (Å²) in [5.41, 5.74) is 6.07. The SMILES string of the molecule is Cc1ccc2c(NC(=O)OCc3ccccc3)c(-c3ccc(-c4ccc(C5(OC=O)CC5)cc4)cc3)oc2n1. The fourth-order valence-electron chi connectivity index (χ4n) is 4.72. The molecule has 0 unspecified atom stereocenters. The van der Waals surface area contributed by atoms with Crippen molar-refractivity contribution in [3.05, 3.63) is 108 Å². The van der Waals surface area contributed by atoms with Gasteiger partial charge in [0.05, 0.1) is 5.39 Å². The lowest BCUT2D eigenvalue weighted by Crippen LogP contribution is -2.13. The standard InChI is InChI=1S/C32H26N2O5/c1-21-7-16-27-28(34-31(36)37-19-22-5-3-2-4-6-22)29(39-30(27)33-21)25-10-8-23(9-11-25)24-12-14-26(15-13-24)32(17-18-32)38-20-35/h2-16,20H,17-19H2,1H3,(H,34,36). The second-order valence-corrected chi connectivity index (χ2v) is 9.66. The minimum Gasteiger partial charge on any atom is -0.456 e. The van der Waals surface area contributed by atoms with Crippen LogP contribution in [0.4, 0.5) is 10.5 Å². The van der Waals surface area contributed by atoms with Crippen LogP contribution in [0.25, 0.3) is 33.6 Å². The first-order chi connectivity index (χ1) is 19.0. The van der Waals surface area contributed by atoms with Gasteiger partial charge in [0.2, 0.25) is 5.71 Å². The Hall–Kier alpha value is -4.91. The van der Waals surface area contributed by atoms with Gasteiger partial charge in [-0.3, -0.25) is 10.1 Å². The molecule has 7 nitrogen and oxygen atoms in total. The molecule has 0 saturated heterocycles. The van der Waals surface area contributed by atoms with Crippen LogP contribution in [0.5, 0.6) is 0 Å². The van der Waals surface area contributed by atoms with Gasteiger partial charge in [0.15, 0.2) is 5.76 Å². The lowest BCUT2D eigenvalue weighted by molar-refractivity contribution is -0.136. The summed E-state index contributed by atoms with van der Waals surface area (Å²) < 4.78 is 16.9. The van der Waals surface area contributed by atoms with E-state index in [-0.39, 0.29) is 6.61 Å². The fourth-order valence-corrected chi connectivity index (χ4v) is 4.72. The number of hydrogen-bond acceptors (Lipinski definition) is 6. The fraction of sp³-hybridized carbons (Fsp3) is 0.156. The molecule has 0 atom stereocenters. The van der Waals surface area contributed by atoms with Crippen LogP contribution in [0.15, 0.2) is 95.4 Å². The Bertz CT molecular complexity index is 1640. The topological polar surface area (TPSA) is 90.7 Å². The van der Waals surface area contributed by atoms with Gasteiger partial charge >= 0.3 is 6.09 Å². The van der Waals surface area contributed by atoms with E-state index in [2.05, 4.69) is 10.3 Å². The molecule has 39 heavy (non-hydrogen) atoms. The second-order valence-electron chi connectivity index (χ2n) is 9.66. The molecule has 2 heterocycles. The molecule has 2 aromatic heterocycles. The third kappa shape index (κ3) is 4.99. The van der Waals surface area contributed by atoms with E-state index in [1.54, 1.807) is 0 Å². The molecule has 1 aliphatic rings. The maximum atomic E-state index is 12.7. The van der Waals surface area contributed by atoms with Crippen molar-refractivity contribution >= 4 is 29.4 Å². The summed E-state index contributed by atoms with van der Waals surface area (Å²) >= 11 is 0. The lowest BCUT2D eigenvalue weighted by atomic mass is 9.99. The monoisotopic (exact) mass is 518 g/mol. The molecule has 1 amide bonds. The molecule has 5 aromatic rings. The summed E-state index contributed by atoms with van der Waals surface area (Å²) in [5, 5.41) is 3.57. The Balaban J connectivity index is 1.25. The first kappa shape index (κ1) is 24.4. The Labute approximate surface area is 225 Å². The zero-order valence-electron chi connectivity index (χ0n) is 21.3. The molecule has 3 aromatic carbocycles. The number of rotatable bonds is 8. The normalized spacial score (nSPS) is 13.6. The summed E-state index contributed by atoms with van der Waals surface area (Å²) in [4.78, 5) is 28.1. The van der Waals surface area contributed by atoms with Gasteiger partial charge < -0.3 is 13.9 Å². The van der Waals surface area contributed by atoms with Crippen molar-refractivity contribution in [1.82, 2.24) is 4.98 Å². The summed E-state index contributed by atoms with van der Waals surface area (Å²) in [5.74, 6) is 0.503. The van der Waals surface area contributed by atoms with E-state index in [1.807, 2.05) is 97.9 Å². The smallest absolute Gasteiger partial charge is 0.412 e. The van der Waals surface area contributed by atoms with Crippen molar-refractivity contribution in [3.8, 4) is 22.5 Å². The molecule has 0 spiro atoms. The quantitative estimate of drug-likeness (QED) is 0.216. The number of fused-ring (bicyclic) bond motifs is 1. The molecule has 7 heteroatoms. The molecule has 194 valence electrons. The molecule has 1 aliphatic carbocycles. The van der Waals surface area contributed by atoms with Crippen molar-refractivity contribution in [3.63, 3.8) is 0 Å². The molecule has 1 fully saturated rings. The molecule has 0 aliphatic heterocycles. The number of carbonyl (C=O) groups is 2. The Morgan fingerprint density at radius 3 is 2.26 bits per heavy atom. The highest BCUT2D eigenvalue weighted by Crippen LogP contribution is 2.49. The van der Waals surface area contributed by atoms with Gasteiger partial charge in [-0.2, -0.15) is 0 Å². The first-order valence-electron chi connectivity index (χ1n) is 12.8. The van der Waals surface area contributed by atoms with E-state index in [9.17, 15) is 9.59 Å². The third-order valence-corrected chi connectivity index (χ3v) is 7.00. The van der Waals surface area contributed by atoms with Crippen LogP contribution in [-0.4, -0.2) is 17.5 Å². The first-order valence-corrected chi connectivity index (χ1v) is 12.8. The van der Waals surface area contributed by atoms with Gasteiger partial charge in [-0.05, 0) is 54.2 Å². The number of nitrogens with one attached hydrogen (secondary N) is 1. The lowest BCUT2D eigenvalue weighted by Gasteiger charge is -2.14. The summed E-state index contributed by atoms with van der Waals surface area (Å²) in [6, 6.07) is 29.3. The van der Waals surface area contributed by atoms with Crippen LogP contribution in [0.2, 0.25) is 0 Å². The number of benzene rings is 3. The Morgan fingerprint density at radius 1 is 0.923 bits per heavy atom. The van der Waals surface area contributed by atoms with E-state index in [0.717, 1.165) is 46.4 Å². The van der Waals surface area contributed by atoms with E-state index in [1.165, 1.54) is 0 Å². The number of ether oxygens (including phenoxy) is 2. The van der Waals surface area contributed by atoms with Crippen molar-refractivity contribution in [2.24, 2.45) is 0 Å². The number of hydrogen-bond donors (Lipinski definition) is 1. The van der Waals surface area contributed by atoms with E-state index >= 15 is 0 Å². The number of furan rings is 1. The van der Waals surface area contributed by atoms with Gasteiger partial charge in [0.1, 0.15) is 17.9 Å². The van der Waals surface area contributed by atoms with Crippen LogP contribution in [0.3, 0.4) is 0 Å². The number of aryl methyl sites for hydroxylation is 1. The van der Waals surface area contributed by atoms with Crippen LogP contribution in [-0.2, 0) is 26.5 Å². The molecule has 0 bridgehead atoms. The van der Waals surface area contributed by atoms with Crippen molar-refractivity contribution < 1.29 is 23.5 Å². The van der Waals surface area contributed by atoms with Crippen molar-refractivity contribution in [2.45, 2.75) is 32.0 Å². The van der Waals surface area contributed by atoms with Crippen LogP contribution < -0.4 is 5.32 Å². The number of nitrogens with zero attached hydrogens (tertiary/aromatic N) is 1. The zero-order chi connectivity index (χ0) is 26.8. The number of amides is 1. The minimum absolute atomic E-state index is 0.158. The van der Waals surface area contributed by atoms with Gasteiger partial charge in [-0.1, -0.05) is 78.9 Å². The summed E-state index contributed by atoms with van der Waals surface area (Å²) in [6.07, 6.45) is 1.12. The predicted molar refractivity (Wildman–Crippen MR) is 148 cm³/mol. The molecule has 6 rings (SSSR count). The number of carbonyl (C=O) groups excluding carboxylic acids is 2. The largest absolute Gasteiger partial charge is 0.456 e. The van der Waals surface area contributed by atoms with E-state index in [0.29, 0.717) is 29.0 Å². The maximum Gasteiger partial charge on any atom is 0.412 e. The summed E-state index contributed by atoms with van der Waals surface area (Å²) in [6.45, 7) is 2.57. The number of aromatic nitrogens is 1. The average molecular weight is 519 g/mol. The van der Waals surface area contributed by atoms with Crippen molar-refractivity contribution in [1.29, 1.82) is 0 Å². The van der Waals surface area contributed by atoms with E-state index in [4.69, 9.17) is 13.9 Å². The highest BCUT2D eigenvalue weighted by Gasteiger charge is 2.46. The Kier molecular flexibility index (Phi) is 6.32. The summed E-state index contributed by atoms with van der Waals surface area (Å²) in [7, 11) is 0. The molecule has 1 saturated carbocycles. The van der Waals surface area contributed by atoms with Crippen molar-refractivity contribution in [2.75, 3.05) is 5.32 Å². The van der Waals surface area contributed by atoms with Crippen LogP contribution in [0, 0.1) is 6.92 Å². The van der Waals surface area contributed by atoms with Gasteiger partial charge in [-0.25, -0.2) is 9.78 Å². The second kappa shape index (κ2) is 10.1. The number of pyridine rings is 1. The average Bonchev–Trinajstić information content (AvgIpc) is 3.67. The maximum absolute atomic E-state index is 12.7. The third-order valence-electron chi connectivity index (χ3n) is 7.00. The number of anilines is 1. The highest BCUT2D eigenvalue weighted by atomic mass is 16.6. The molecular formula is C32H26N2O5. The molecule has 1 N–H and O–H groups in total. The van der Waals surface area contributed by atoms with Crippen LogP contribution in [0.1, 0.15) is 29.7 Å². The van der Waals surface area contributed by atoms with Crippen LogP contribution >= 0.6 is 0 Å². The van der Waals surface area contributed by atoms with Gasteiger partial charge in [0, 0.05) is 11.3 Å². The molecule has 0 radical (unpaired) electrons. The zero-order valence-corrected chi connectivity index (χ0v) is 21.3.